The summed E-state index contributed by atoms with van der Waals surface area (Å²) in [6.07, 6.45) is 0.852. The van der Waals surface area contributed by atoms with Crippen LogP contribution in [0.25, 0.3) is 0 Å². The maximum atomic E-state index is 10.4. The van der Waals surface area contributed by atoms with E-state index in [4.69, 9.17) is 0 Å². The summed E-state index contributed by atoms with van der Waals surface area (Å²) in [5.41, 5.74) is 0. The van der Waals surface area contributed by atoms with E-state index in [1.165, 1.54) is 6.08 Å². The average Bonchev–Trinajstić information content (AvgIpc) is 1.82. The Kier molecular flexibility index (Phi) is 8.38. The lowest BCUT2D eigenvalue weighted by atomic mass is 10.7. The quantitative estimate of drug-likeness (QED) is 0.447. The third-order valence-corrected chi connectivity index (χ3v) is 0.815. The normalized spacial score (nSPS) is 7.40. The van der Waals surface area contributed by atoms with Gasteiger partial charge >= 0.3 is 6.09 Å². The highest BCUT2D eigenvalue weighted by atomic mass is 32.2. The number of rotatable bonds is 2. The van der Waals surface area contributed by atoms with Gasteiger partial charge in [-0.15, -0.1) is 0 Å². The summed E-state index contributed by atoms with van der Waals surface area (Å²) in [5.74, 6) is 0. The van der Waals surface area contributed by atoms with Crippen LogP contribution in [0.1, 0.15) is 0 Å². The van der Waals surface area contributed by atoms with Gasteiger partial charge in [0.1, 0.15) is 6.61 Å². The van der Waals surface area contributed by atoms with Crippen molar-refractivity contribution >= 4 is 31.7 Å². The van der Waals surface area contributed by atoms with Crippen LogP contribution in [0.15, 0.2) is 12.7 Å². The summed E-state index contributed by atoms with van der Waals surface area (Å²) in [7, 11) is 0. The standard InChI is InChI=1S/C4H7NO2S2.H3N/c1-2-3-7-4(6)5(8)9;/h2,8-9H,1,3H2;1H3. The zero-order chi connectivity index (χ0) is 7.28. The predicted octanol–water partition coefficient (Wildman–Crippen LogP) is 1.46. The van der Waals surface area contributed by atoms with Crippen LogP contribution in [-0.4, -0.2) is 16.4 Å². The van der Waals surface area contributed by atoms with Crippen LogP contribution in [0.5, 0.6) is 0 Å². The molecule has 0 aromatic carbocycles. The monoisotopic (exact) mass is 182 g/mol. The highest BCUT2D eigenvalue weighted by Crippen LogP contribution is 1.99. The van der Waals surface area contributed by atoms with E-state index in [-0.39, 0.29) is 12.8 Å². The first-order valence-electron chi connectivity index (χ1n) is 2.14. The Bertz CT molecular complexity index is 118. The van der Waals surface area contributed by atoms with Crippen molar-refractivity contribution in [2.45, 2.75) is 0 Å². The molecule has 0 aromatic heterocycles. The fraction of sp³-hybridized carbons (Fsp3) is 0.250. The van der Waals surface area contributed by atoms with Crippen LogP contribution in [0.2, 0.25) is 0 Å². The minimum atomic E-state index is -0.610. The molecule has 10 heavy (non-hydrogen) atoms. The molecule has 0 unspecified atom stereocenters. The molecule has 0 saturated carbocycles. The van der Waals surface area contributed by atoms with Crippen LogP contribution >= 0.6 is 25.6 Å². The van der Waals surface area contributed by atoms with Gasteiger partial charge in [0.15, 0.2) is 0 Å². The van der Waals surface area contributed by atoms with Crippen molar-refractivity contribution in [2.75, 3.05) is 6.61 Å². The van der Waals surface area contributed by atoms with Crippen molar-refractivity contribution in [2.24, 2.45) is 0 Å². The van der Waals surface area contributed by atoms with Crippen molar-refractivity contribution in [1.29, 1.82) is 0 Å². The SMILES string of the molecule is C=CCOC(=O)N(S)S.N. The molecule has 0 aliphatic carbocycles. The van der Waals surface area contributed by atoms with Crippen molar-refractivity contribution < 1.29 is 9.53 Å². The molecule has 0 heterocycles. The number of amides is 1. The van der Waals surface area contributed by atoms with Crippen molar-refractivity contribution in [1.82, 2.24) is 9.86 Å². The molecule has 3 N–H and O–H groups in total. The van der Waals surface area contributed by atoms with Crippen LogP contribution in [0, 0.1) is 0 Å². The molecule has 0 bridgehead atoms. The van der Waals surface area contributed by atoms with E-state index in [1.54, 1.807) is 0 Å². The number of thiol groups is 2. The number of carbonyl (C=O) groups is 1. The first kappa shape index (κ1) is 12.4. The summed E-state index contributed by atoms with van der Waals surface area (Å²) in [6.45, 7) is 3.52. The van der Waals surface area contributed by atoms with E-state index in [1.807, 2.05) is 0 Å². The molecule has 0 radical (unpaired) electrons. The third-order valence-electron chi connectivity index (χ3n) is 0.488. The van der Waals surface area contributed by atoms with E-state index in [0.29, 0.717) is 0 Å². The topological polar surface area (TPSA) is 64.5 Å². The van der Waals surface area contributed by atoms with Crippen molar-refractivity contribution in [3.05, 3.63) is 12.7 Å². The van der Waals surface area contributed by atoms with Gasteiger partial charge in [0, 0.05) is 0 Å². The van der Waals surface area contributed by atoms with E-state index < -0.39 is 6.09 Å². The summed E-state index contributed by atoms with van der Waals surface area (Å²) in [6, 6.07) is 0. The van der Waals surface area contributed by atoms with Gasteiger partial charge in [-0.3, -0.25) is 0 Å². The summed E-state index contributed by atoms with van der Waals surface area (Å²) in [5, 5.41) is 0. The second kappa shape index (κ2) is 6.79. The van der Waals surface area contributed by atoms with Gasteiger partial charge in [-0.25, -0.2) is 4.79 Å². The number of hydrogen-bond donors (Lipinski definition) is 3. The minimum absolute atomic E-state index is 0. The average molecular weight is 182 g/mol. The van der Waals surface area contributed by atoms with Gasteiger partial charge in [0.2, 0.25) is 0 Å². The largest absolute Gasteiger partial charge is 0.444 e. The number of hydrogen-bond acceptors (Lipinski definition) is 5. The molecule has 0 aliphatic heterocycles. The molecule has 0 rings (SSSR count). The molecule has 0 aliphatic rings. The molecule has 0 fully saturated rings. The zero-order valence-electron chi connectivity index (χ0n) is 5.36. The maximum absolute atomic E-state index is 10.4. The third kappa shape index (κ3) is 5.80. The lowest BCUT2D eigenvalue weighted by Gasteiger charge is -2.05. The van der Waals surface area contributed by atoms with E-state index >= 15 is 0 Å². The van der Waals surface area contributed by atoms with Crippen molar-refractivity contribution in [3.63, 3.8) is 0 Å². The smallest absolute Gasteiger partial charge is 0.430 e. The Labute approximate surface area is 70.9 Å². The Hall–Kier alpha value is -0.330. The number of ether oxygens (including phenoxy) is 1. The lowest BCUT2D eigenvalue weighted by Crippen LogP contribution is -2.12. The van der Waals surface area contributed by atoms with Gasteiger partial charge < -0.3 is 10.9 Å². The highest BCUT2D eigenvalue weighted by molar-refractivity contribution is 7.94. The first-order chi connectivity index (χ1) is 4.18. The van der Waals surface area contributed by atoms with Gasteiger partial charge in [0.05, 0.1) is 0 Å². The van der Waals surface area contributed by atoms with E-state index in [9.17, 15) is 4.79 Å². The van der Waals surface area contributed by atoms with E-state index in [2.05, 4.69) is 36.9 Å². The van der Waals surface area contributed by atoms with Gasteiger partial charge in [0.25, 0.3) is 0 Å². The van der Waals surface area contributed by atoms with Gasteiger partial charge in [-0.1, -0.05) is 12.7 Å². The second-order valence-electron chi connectivity index (χ2n) is 1.16. The molecule has 1 amide bonds. The Morgan fingerprint density at radius 2 is 2.20 bits per heavy atom. The molecule has 0 aromatic rings. The van der Waals surface area contributed by atoms with Crippen molar-refractivity contribution in [3.8, 4) is 0 Å². The van der Waals surface area contributed by atoms with Crippen LogP contribution in [0.4, 0.5) is 4.79 Å². The van der Waals surface area contributed by atoms with Crippen LogP contribution < -0.4 is 6.15 Å². The second-order valence-corrected chi connectivity index (χ2v) is 2.27. The van der Waals surface area contributed by atoms with Crippen LogP contribution in [-0.2, 0) is 4.74 Å². The van der Waals surface area contributed by atoms with Crippen LogP contribution in [0.3, 0.4) is 0 Å². The highest BCUT2D eigenvalue weighted by Gasteiger charge is 2.03. The fourth-order valence-corrected chi connectivity index (χ4v) is 0.303. The zero-order valence-corrected chi connectivity index (χ0v) is 7.15. The molecule has 0 atom stereocenters. The molecule has 4 nitrogen and oxygen atoms in total. The number of carbonyl (C=O) groups excluding carboxylic acids is 1. The Morgan fingerprint density at radius 3 is 2.50 bits per heavy atom. The minimum Gasteiger partial charge on any atom is -0.444 e. The molecule has 6 heteroatoms. The Balaban J connectivity index is 0. The molecular weight excluding hydrogens is 172 g/mol. The summed E-state index contributed by atoms with van der Waals surface area (Å²) in [4.78, 5) is 10.4. The Morgan fingerprint density at radius 1 is 1.70 bits per heavy atom. The van der Waals surface area contributed by atoms with Gasteiger partial charge in [-0.2, -0.15) is 3.71 Å². The lowest BCUT2D eigenvalue weighted by molar-refractivity contribution is 0.155. The maximum Gasteiger partial charge on any atom is 0.430 e. The molecule has 0 saturated heterocycles. The fourth-order valence-electron chi connectivity index (χ4n) is 0.188. The molecule has 60 valence electrons. The number of nitrogens with zero attached hydrogens (tertiary/aromatic N) is 1. The molecule has 0 spiro atoms. The first-order valence-corrected chi connectivity index (χ1v) is 2.94. The predicted molar refractivity (Wildman–Crippen MR) is 46.4 cm³/mol. The summed E-state index contributed by atoms with van der Waals surface area (Å²) < 4.78 is 5.22. The molecular formula is C4H10N2O2S2. The van der Waals surface area contributed by atoms with E-state index in [0.717, 1.165) is 3.71 Å². The summed E-state index contributed by atoms with van der Waals surface area (Å²) >= 11 is 7.11. The van der Waals surface area contributed by atoms with Gasteiger partial charge in [-0.05, 0) is 25.6 Å².